The second-order valence-electron chi connectivity index (χ2n) is 10.5. The third kappa shape index (κ3) is 3.85. The van der Waals surface area contributed by atoms with Gasteiger partial charge in [-0.25, -0.2) is 0 Å². The zero-order chi connectivity index (χ0) is 28.5. The Morgan fingerprint density at radius 3 is 2.38 bits per heavy atom. The van der Waals surface area contributed by atoms with E-state index in [1.165, 1.54) is 31.3 Å². The molecule has 8 nitrogen and oxygen atoms in total. The molecule has 0 saturated carbocycles. The summed E-state index contributed by atoms with van der Waals surface area (Å²) >= 11 is 2.17. The number of allylic oxidation sites excluding steroid dienone is 6. The second-order valence-corrected chi connectivity index (χ2v) is 11.7. The lowest BCUT2D eigenvalue weighted by Crippen LogP contribution is -2.40. The number of carbonyl (C=O) groups excluding carboxylic acids is 4. The molecule has 1 N–H and O–H groups in total. The van der Waals surface area contributed by atoms with Crippen LogP contribution in [0.3, 0.4) is 0 Å². The Balaban J connectivity index is 1.53. The molecule has 1 fully saturated rings. The van der Waals surface area contributed by atoms with Gasteiger partial charge in [-0.05, 0) is 78.6 Å². The van der Waals surface area contributed by atoms with Crippen molar-refractivity contribution in [3.05, 3.63) is 80.0 Å². The Labute approximate surface area is 244 Å². The minimum Gasteiger partial charge on any atom is -0.507 e. The third-order valence-electron chi connectivity index (χ3n) is 8.49. The van der Waals surface area contributed by atoms with Gasteiger partial charge in [0.25, 0.3) is 0 Å². The average molecular weight is 651 g/mol. The highest BCUT2D eigenvalue weighted by atomic mass is 127. The van der Waals surface area contributed by atoms with Gasteiger partial charge in [-0.2, -0.15) is 0 Å². The number of hydrogen-bond acceptors (Lipinski definition) is 7. The zero-order valence-electron chi connectivity index (χ0n) is 22.1. The molecule has 0 radical (unpaired) electrons. The van der Waals surface area contributed by atoms with E-state index < -0.39 is 23.7 Å². The first-order valence-corrected chi connectivity index (χ1v) is 14.0. The molecule has 9 heteroatoms. The van der Waals surface area contributed by atoms with E-state index >= 15 is 0 Å². The maximum absolute atomic E-state index is 14.0. The first kappa shape index (κ1) is 26.5. The van der Waals surface area contributed by atoms with Crippen molar-refractivity contribution in [2.45, 2.75) is 25.7 Å². The highest BCUT2D eigenvalue weighted by molar-refractivity contribution is 14.1. The molecule has 1 saturated heterocycles. The Morgan fingerprint density at radius 1 is 0.975 bits per heavy atom. The minimum absolute atomic E-state index is 0.155. The van der Waals surface area contributed by atoms with Crippen LogP contribution in [0.1, 0.15) is 31.2 Å². The highest BCUT2D eigenvalue weighted by Gasteiger charge is 2.57. The fourth-order valence-corrected chi connectivity index (χ4v) is 7.08. The lowest BCUT2D eigenvalue weighted by atomic mass is 9.59. The van der Waals surface area contributed by atoms with Gasteiger partial charge in [0.15, 0.2) is 11.6 Å². The number of phenolic OH excluding ortho intramolecular Hbond substituents is 1. The van der Waals surface area contributed by atoms with Gasteiger partial charge >= 0.3 is 0 Å². The number of rotatable bonds is 4. The highest BCUT2D eigenvalue weighted by Crippen LogP contribution is 2.58. The first-order valence-electron chi connectivity index (χ1n) is 12.9. The molecule has 2 aromatic carbocycles. The van der Waals surface area contributed by atoms with E-state index in [-0.39, 0.29) is 41.1 Å². The smallest absolute Gasteiger partial charge is 0.238 e. The molecule has 3 aliphatic carbocycles. The molecule has 0 bridgehead atoms. The van der Waals surface area contributed by atoms with Gasteiger partial charge in [-0.1, -0.05) is 11.6 Å². The molecule has 2 aromatic rings. The molecule has 0 spiro atoms. The quantitative estimate of drug-likeness (QED) is 0.222. The monoisotopic (exact) mass is 651 g/mol. The summed E-state index contributed by atoms with van der Waals surface area (Å²) < 4.78 is 11.9. The first-order chi connectivity index (χ1) is 19.2. The summed E-state index contributed by atoms with van der Waals surface area (Å²) in [5.41, 5.74) is 2.49. The Kier molecular flexibility index (Phi) is 6.44. The molecular weight excluding hydrogens is 625 g/mol. The molecule has 6 rings (SSSR count). The van der Waals surface area contributed by atoms with Gasteiger partial charge < -0.3 is 14.6 Å². The fraction of sp³-hybridized carbons (Fsp3) is 0.290. The summed E-state index contributed by atoms with van der Waals surface area (Å²) in [6.45, 7) is 1.60. The van der Waals surface area contributed by atoms with Crippen molar-refractivity contribution in [3.63, 3.8) is 0 Å². The zero-order valence-corrected chi connectivity index (χ0v) is 24.2. The van der Waals surface area contributed by atoms with Crippen molar-refractivity contribution in [3.8, 4) is 17.2 Å². The van der Waals surface area contributed by atoms with Crippen molar-refractivity contribution in [1.29, 1.82) is 0 Å². The summed E-state index contributed by atoms with van der Waals surface area (Å²) in [5, 5.41) is 11.2. The minimum atomic E-state index is -0.827. The van der Waals surface area contributed by atoms with E-state index in [0.29, 0.717) is 40.3 Å². The number of amides is 2. The molecule has 40 heavy (non-hydrogen) atoms. The van der Waals surface area contributed by atoms with Gasteiger partial charge in [0.1, 0.15) is 17.2 Å². The van der Waals surface area contributed by atoms with Gasteiger partial charge in [-0.15, -0.1) is 0 Å². The third-order valence-corrected chi connectivity index (χ3v) is 9.20. The van der Waals surface area contributed by atoms with Crippen LogP contribution in [-0.4, -0.2) is 42.7 Å². The topological polar surface area (TPSA) is 110 Å². The van der Waals surface area contributed by atoms with Crippen LogP contribution in [0.15, 0.2) is 70.8 Å². The predicted molar refractivity (Wildman–Crippen MR) is 154 cm³/mol. The number of methoxy groups -OCH3 is 2. The van der Waals surface area contributed by atoms with E-state index in [0.717, 1.165) is 9.14 Å². The lowest BCUT2D eigenvalue weighted by molar-refractivity contribution is -0.123. The number of Topliss-reactive ketones (excluding diaryl/α,β-unsaturated/α-hetero) is 1. The van der Waals surface area contributed by atoms with Crippen LogP contribution < -0.4 is 14.4 Å². The van der Waals surface area contributed by atoms with E-state index in [1.807, 2.05) is 18.2 Å². The van der Waals surface area contributed by atoms with Crippen LogP contribution in [0.4, 0.5) is 5.69 Å². The molecule has 2 amide bonds. The number of anilines is 1. The maximum atomic E-state index is 14.0. The van der Waals surface area contributed by atoms with Gasteiger partial charge in [0.05, 0.1) is 31.7 Å². The number of ketones is 2. The maximum Gasteiger partial charge on any atom is 0.238 e. The summed E-state index contributed by atoms with van der Waals surface area (Å²) in [6.07, 6.45) is 3.70. The van der Waals surface area contributed by atoms with Gasteiger partial charge in [0, 0.05) is 43.9 Å². The van der Waals surface area contributed by atoms with Crippen molar-refractivity contribution in [2.24, 2.45) is 17.8 Å². The van der Waals surface area contributed by atoms with Gasteiger partial charge in [0.2, 0.25) is 11.8 Å². The molecule has 1 aliphatic heterocycles. The van der Waals surface area contributed by atoms with Crippen LogP contribution in [-0.2, 0) is 19.2 Å². The second kappa shape index (κ2) is 9.72. The molecule has 0 aromatic heterocycles. The average Bonchev–Trinajstić information content (AvgIpc) is 3.20. The van der Waals surface area contributed by atoms with Crippen LogP contribution in [0.25, 0.3) is 0 Å². The van der Waals surface area contributed by atoms with Crippen LogP contribution >= 0.6 is 22.6 Å². The standard InChI is InChI=1S/C31H26INO7/c1-14-10-22(34)26-21(29(14)36)13-20-18(27(26)28-23(35)11-17(39-2)12-24(28)40-3)8-9-19-25(20)31(38)33(30(19)37)16-6-4-15(32)5-7-16/h4-8,10-12,19-20,25,27,35H,9,13H2,1-3H3. The molecule has 1 heterocycles. The number of ether oxygens (including phenoxy) is 2. The number of carbonyl (C=O) groups is 4. The number of halogens is 1. The van der Waals surface area contributed by atoms with Crippen LogP contribution in [0, 0.1) is 21.3 Å². The van der Waals surface area contributed by atoms with Crippen molar-refractivity contribution < 1.29 is 33.8 Å². The normalized spacial score (nSPS) is 25.8. The Morgan fingerprint density at radius 2 is 1.70 bits per heavy atom. The van der Waals surface area contributed by atoms with Crippen LogP contribution in [0.2, 0.25) is 0 Å². The summed E-state index contributed by atoms with van der Waals surface area (Å²) in [4.78, 5) is 55.8. The summed E-state index contributed by atoms with van der Waals surface area (Å²) in [7, 11) is 2.92. The summed E-state index contributed by atoms with van der Waals surface area (Å²) in [6, 6.07) is 10.2. The van der Waals surface area contributed by atoms with E-state index in [2.05, 4.69) is 22.6 Å². The number of fused-ring (bicyclic) bond motifs is 3. The largest absolute Gasteiger partial charge is 0.507 e. The van der Waals surface area contributed by atoms with Crippen molar-refractivity contribution in [1.82, 2.24) is 0 Å². The van der Waals surface area contributed by atoms with Gasteiger partial charge in [-0.3, -0.25) is 24.1 Å². The molecule has 204 valence electrons. The number of nitrogens with zero attached hydrogens (tertiary/aromatic N) is 1. The number of imide groups is 1. The fourth-order valence-electron chi connectivity index (χ4n) is 6.72. The van der Waals surface area contributed by atoms with E-state index in [9.17, 15) is 24.3 Å². The van der Waals surface area contributed by atoms with Crippen molar-refractivity contribution in [2.75, 3.05) is 19.1 Å². The van der Waals surface area contributed by atoms with Crippen molar-refractivity contribution >= 4 is 51.7 Å². The Hall–Kier alpha value is -3.73. The SMILES string of the molecule is COc1cc(O)c(C2C3=CCC4C(=O)N(c5ccc(I)cc5)C(=O)C4C3CC3=C2C(=O)C=C(C)C3=O)c(OC)c1. The van der Waals surface area contributed by atoms with Crippen LogP contribution in [0.5, 0.6) is 17.2 Å². The van der Waals surface area contributed by atoms with E-state index in [4.69, 9.17) is 9.47 Å². The summed E-state index contributed by atoms with van der Waals surface area (Å²) in [5.74, 6) is -3.29. The molecular formula is C31H26INO7. The number of hydrogen-bond donors (Lipinski definition) is 1. The molecule has 4 unspecified atom stereocenters. The molecule has 4 atom stereocenters. The number of aromatic hydroxyl groups is 1. The Bertz CT molecular complexity index is 1600. The number of benzene rings is 2. The van der Waals surface area contributed by atoms with E-state index in [1.54, 1.807) is 25.1 Å². The number of phenols is 1. The predicted octanol–water partition coefficient (Wildman–Crippen LogP) is 4.65. The lowest BCUT2D eigenvalue weighted by Gasteiger charge is -2.42. The molecule has 4 aliphatic rings.